The Kier molecular flexibility index (Phi) is 1.46. The second-order valence-electron chi connectivity index (χ2n) is 3.89. The Bertz CT molecular complexity index is 123. The summed E-state index contributed by atoms with van der Waals surface area (Å²) in [6.45, 7) is 4.70. The van der Waals surface area contributed by atoms with Gasteiger partial charge in [0.1, 0.15) is 0 Å². The monoisotopic (exact) mass is 140 g/mol. The molecular formula is C8H16N2. The molecule has 0 spiro atoms. The second kappa shape index (κ2) is 2.21. The Morgan fingerprint density at radius 2 is 2.30 bits per heavy atom. The average Bonchev–Trinajstić information content (AvgIpc) is 2.47. The molecule has 2 N–H and O–H groups in total. The van der Waals surface area contributed by atoms with Crippen molar-refractivity contribution >= 4 is 0 Å². The third kappa shape index (κ3) is 1.32. The normalized spacial score (nSPS) is 36.3. The van der Waals surface area contributed by atoms with Crippen molar-refractivity contribution in [2.75, 3.05) is 13.1 Å². The molecule has 1 heterocycles. The van der Waals surface area contributed by atoms with Crippen LogP contribution in [0.2, 0.25) is 0 Å². The minimum Gasteiger partial charge on any atom is -0.315 e. The van der Waals surface area contributed by atoms with Gasteiger partial charge in [-0.2, -0.15) is 0 Å². The first-order valence-electron chi connectivity index (χ1n) is 4.27. The third-order valence-corrected chi connectivity index (χ3v) is 2.61. The van der Waals surface area contributed by atoms with Gasteiger partial charge in [-0.3, -0.25) is 0 Å². The molecule has 0 amide bonds. The zero-order chi connectivity index (χ0) is 7.03. The van der Waals surface area contributed by atoms with E-state index in [9.17, 15) is 0 Å². The predicted molar refractivity (Wildman–Crippen MR) is 42.0 cm³/mol. The van der Waals surface area contributed by atoms with E-state index in [-0.39, 0.29) is 0 Å². The molecule has 0 aromatic heterocycles. The van der Waals surface area contributed by atoms with Gasteiger partial charge < -0.3 is 10.6 Å². The van der Waals surface area contributed by atoms with Crippen molar-refractivity contribution in [3.8, 4) is 0 Å². The van der Waals surface area contributed by atoms with Crippen molar-refractivity contribution in [3.05, 3.63) is 0 Å². The average molecular weight is 140 g/mol. The van der Waals surface area contributed by atoms with E-state index < -0.39 is 0 Å². The summed E-state index contributed by atoms with van der Waals surface area (Å²) in [5.74, 6) is 0. The number of hydrogen-bond donors (Lipinski definition) is 2. The van der Waals surface area contributed by atoms with Gasteiger partial charge in [0.25, 0.3) is 0 Å². The maximum Gasteiger partial charge on any atom is 0.0209 e. The molecular weight excluding hydrogens is 124 g/mol. The molecule has 2 aliphatic rings. The van der Waals surface area contributed by atoms with Crippen LogP contribution in [-0.4, -0.2) is 24.7 Å². The molecule has 0 aromatic rings. The Hall–Kier alpha value is -0.0800. The van der Waals surface area contributed by atoms with Crippen LogP contribution in [0.25, 0.3) is 0 Å². The number of rotatable bonds is 2. The molecule has 1 saturated carbocycles. The first kappa shape index (κ1) is 6.62. The second-order valence-corrected chi connectivity index (χ2v) is 3.89. The molecule has 1 atom stereocenters. The van der Waals surface area contributed by atoms with Gasteiger partial charge in [0.2, 0.25) is 0 Å². The van der Waals surface area contributed by atoms with E-state index in [1.165, 1.54) is 32.4 Å². The fourth-order valence-electron chi connectivity index (χ4n) is 1.60. The maximum atomic E-state index is 3.67. The van der Waals surface area contributed by atoms with Crippen LogP contribution in [0.15, 0.2) is 0 Å². The summed E-state index contributed by atoms with van der Waals surface area (Å²) in [5, 5.41) is 7.03. The highest BCUT2D eigenvalue weighted by Gasteiger charge is 2.38. The Balaban J connectivity index is 1.78. The summed E-state index contributed by atoms with van der Waals surface area (Å²) in [4.78, 5) is 0. The summed E-state index contributed by atoms with van der Waals surface area (Å²) in [6.07, 6.45) is 4.07. The van der Waals surface area contributed by atoms with Crippen LogP contribution in [0.3, 0.4) is 0 Å². The molecule has 1 saturated heterocycles. The predicted octanol–water partition coefficient (Wildman–Crippen LogP) is 0.490. The van der Waals surface area contributed by atoms with Crippen molar-refractivity contribution < 1.29 is 0 Å². The lowest BCUT2D eigenvalue weighted by Crippen LogP contribution is -2.39. The highest BCUT2D eigenvalue weighted by Crippen LogP contribution is 2.35. The van der Waals surface area contributed by atoms with E-state index in [4.69, 9.17) is 0 Å². The van der Waals surface area contributed by atoms with E-state index in [1.807, 2.05) is 0 Å². The fraction of sp³-hybridized carbons (Fsp3) is 1.00. The van der Waals surface area contributed by atoms with Crippen LogP contribution in [0.1, 0.15) is 26.2 Å². The smallest absolute Gasteiger partial charge is 0.0209 e. The van der Waals surface area contributed by atoms with Gasteiger partial charge in [-0.05, 0) is 32.7 Å². The highest BCUT2D eigenvalue weighted by molar-refractivity contribution is 5.00. The van der Waals surface area contributed by atoms with E-state index in [0.29, 0.717) is 5.54 Å². The summed E-state index contributed by atoms with van der Waals surface area (Å²) >= 11 is 0. The fourth-order valence-corrected chi connectivity index (χ4v) is 1.60. The summed E-state index contributed by atoms with van der Waals surface area (Å²) in [5.41, 5.74) is 0.524. The van der Waals surface area contributed by atoms with Crippen molar-refractivity contribution in [1.29, 1.82) is 0 Å². The van der Waals surface area contributed by atoms with Gasteiger partial charge in [-0.25, -0.2) is 0 Å². The molecule has 0 aromatic carbocycles. The van der Waals surface area contributed by atoms with Crippen molar-refractivity contribution in [3.63, 3.8) is 0 Å². The molecule has 2 fully saturated rings. The lowest BCUT2D eigenvalue weighted by Gasteiger charge is -2.16. The summed E-state index contributed by atoms with van der Waals surface area (Å²) in [7, 11) is 0. The van der Waals surface area contributed by atoms with Gasteiger partial charge in [0.05, 0.1) is 0 Å². The van der Waals surface area contributed by atoms with Gasteiger partial charge in [0.15, 0.2) is 0 Å². The molecule has 10 heavy (non-hydrogen) atoms. The molecule has 0 bridgehead atoms. The van der Waals surface area contributed by atoms with Gasteiger partial charge in [-0.1, -0.05) is 0 Å². The van der Waals surface area contributed by atoms with E-state index in [0.717, 1.165) is 6.04 Å². The van der Waals surface area contributed by atoms with Gasteiger partial charge in [-0.15, -0.1) is 0 Å². The maximum absolute atomic E-state index is 3.67. The molecule has 2 nitrogen and oxygen atoms in total. The largest absolute Gasteiger partial charge is 0.315 e. The van der Waals surface area contributed by atoms with Gasteiger partial charge in [0, 0.05) is 18.1 Å². The minimum absolute atomic E-state index is 0.524. The minimum atomic E-state index is 0.524. The highest BCUT2D eigenvalue weighted by atomic mass is 15.1. The van der Waals surface area contributed by atoms with E-state index in [1.54, 1.807) is 0 Å². The van der Waals surface area contributed by atoms with Crippen molar-refractivity contribution in [2.24, 2.45) is 0 Å². The van der Waals surface area contributed by atoms with Crippen LogP contribution in [0.5, 0.6) is 0 Å². The molecule has 1 aliphatic carbocycles. The van der Waals surface area contributed by atoms with Crippen LogP contribution in [0, 0.1) is 0 Å². The van der Waals surface area contributed by atoms with E-state index in [2.05, 4.69) is 17.6 Å². The summed E-state index contributed by atoms with van der Waals surface area (Å²) in [6, 6.07) is 0.757. The topological polar surface area (TPSA) is 24.1 Å². The number of nitrogens with one attached hydrogen (secondary N) is 2. The zero-order valence-corrected chi connectivity index (χ0v) is 6.61. The van der Waals surface area contributed by atoms with Crippen LogP contribution >= 0.6 is 0 Å². The SMILES string of the molecule is CC1(NC2CCNC2)CC1. The standard InChI is InChI=1S/C8H16N2/c1-8(3-4-8)10-7-2-5-9-6-7/h7,9-10H,2-6H2,1H3. The molecule has 0 radical (unpaired) electrons. The lowest BCUT2D eigenvalue weighted by atomic mass is 10.2. The molecule has 58 valence electrons. The van der Waals surface area contributed by atoms with E-state index >= 15 is 0 Å². The first-order valence-corrected chi connectivity index (χ1v) is 4.27. The van der Waals surface area contributed by atoms with Crippen LogP contribution < -0.4 is 10.6 Å². The van der Waals surface area contributed by atoms with Crippen LogP contribution in [0.4, 0.5) is 0 Å². The van der Waals surface area contributed by atoms with Crippen LogP contribution in [-0.2, 0) is 0 Å². The van der Waals surface area contributed by atoms with Crippen molar-refractivity contribution in [1.82, 2.24) is 10.6 Å². The molecule has 2 rings (SSSR count). The Morgan fingerprint density at radius 3 is 2.80 bits per heavy atom. The Morgan fingerprint density at radius 1 is 1.50 bits per heavy atom. The molecule has 2 heteroatoms. The quantitative estimate of drug-likeness (QED) is 0.583. The summed E-state index contributed by atoms with van der Waals surface area (Å²) < 4.78 is 0. The zero-order valence-electron chi connectivity index (χ0n) is 6.61. The lowest BCUT2D eigenvalue weighted by molar-refractivity contribution is 0.453. The molecule has 1 aliphatic heterocycles. The number of hydrogen-bond acceptors (Lipinski definition) is 2. The Labute approximate surface area is 62.4 Å². The third-order valence-electron chi connectivity index (χ3n) is 2.61. The molecule has 1 unspecified atom stereocenters. The van der Waals surface area contributed by atoms with Crippen molar-refractivity contribution in [2.45, 2.75) is 37.8 Å². The first-order chi connectivity index (χ1) is 4.79. The van der Waals surface area contributed by atoms with Gasteiger partial charge >= 0.3 is 0 Å².